The molecule has 1 aliphatic rings. The predicted octanol–water partition coefficient (Wildman–Crippen LogP) is 3.37. The van der Waals surface area contributed by atoms with Crippen molar-refractivity contribution in [3.05, 3.63) is 54.6 Å². The maximum absolute atomic E-state index is 12.6. The van der Waals surface area contributed by atoms with Crippen molar-refractivity contribution < 1.29 is 17.2 Å². The third-order valence-corrected chi connectivity index (χ3v) is 5.50. The van der Waals surface area contributed by atoms with Gasteiger partial charge in [0.15, 0.2) is 0 Å². The lowest BCUT2D eigenvalue weighted by atomic mass is 10.2. The highest BCUT2D eigenvalue weighted by atomic mass is 32.2. The first-order valence-corrected chi connectivity index (χ1v) is 9.20. The van der Waals surface area contributed by atoms with Gasteiger partial charge in [-0.15, -0.1) is 0 Å². The number of benzene rings is 2. The van der Waals surface area contributed by atoms with Crippen LogP contribution in [0.4, 0.5) is 20.2 Å². The Bertz CT molecular complexity index is 780. The summed E-state index contributed by atoms with van der Waals surface area (Å²) in [5.41, 5.74) is 1.89. The Morgan fingerprint density at radius 3 is 2.33 bits per heavy atom. The number of rotatable bonds is 5. The lowest BCUT2D eigenvalue weighted by molar-refractivity contribution is 0.234. The SMILES string of the molecule is O=S(=O)(c1ccc(N2CCC(Nc3ccccc3)C2)cc1)C(F)F. The molecule has 1 atom stereocenters. The summed E-state index contributed by atoms with van der Waals surface area (Å²) >= 11 is 0. The van der Waals surface area contributed by atoms with Crippen LogP contribution in [0.3, 0.4) is 0 Å². The van der Waals surface area contributed by atoms with Crippen LogP contribution in [-0.4, -0.2) is 33.3 Å². The average Bonchev–Trinajstić information content (AvgIpc) is 3.04. The van der Waals surface area contributed by atoms with Crippen LogP contribution in [0.5, 0.6) is 0 Å². The first-order valence-electron chi connectivity index (χ1n) is 7.65. The van der Waals surface area contributed by atoms with Crippen LogP contribution in [0.2, 0.25) is 0 Å². The monoisotopic (exact) mass is 352 g/mol. The Balaban J connectivity index is 1.66. The van der Waals surface area contributed by atoms with Gasteiger partial charge in [-0.05, 0) is 42.8 Å². The quantitative estimate of drug-likeness (QED) is 0.896. The molecule has 1 aliphatic heterocycles. The van der Waals surface area contributed by atoms with Gasteiger partial charge in [0.1, 0.15) is 0 Å². The minimum absolute atomic E-state index is 0.289. The van der Waals surface area contributed by atoms with Gasteiger partial charge in [0.2, 0.25) is 9.84 Å². The van der Waals surface area contributed by atoms with E-state index in [4.69, 9.17) is 0 Å². The maximum Gasteiger partial charge on any atom is 0.341 e. The van der Waals surface area contributed by atoms with Crippen molar-refractivity contribution in [1.29, 1.82) is 0 Å². The van der Waals surface area contributed by atoms with Crippen LogP contribution >= 0.6 is 0 Å². The fraction of sp³-hybridized carbons (Fsp3) is 0.294. The molecule has 1 heterocycles. The number of para-hydroxylation sites is 1. The molecule has 3 rings (SSSR count). The molecule has 1 N–H and O–H groups in total. The van der Waals surface area contributed by atoms with E-state index in [9.17, 15) is 17.2 Å². The van der Waals surface area contributed by atoms with Gasteiger partial charge in [0.25, 0.3) is 0 Å². The van der Waals surface area contributed by atoms with Crippen molar-refractivity contribution in [1.82, 2.24) is 0 Å². The number of anilines is 2. The summed E-state index contributed by atoms with van der Waals surface area (Å²) in [5.74, 6) is -3.39. The highest BCUT2D eigenvalue weighted by Gasteiger charge is 2.27. The molecule has 1 fully saturated rings. The van der Waals surface area contributed by atoms with E-state index in [2.05, 4.69) is 10.2 Å². The molecule has 7 heteroatoms. The zero-order chi connectivity index (χ0) is 17.2. The van der Waals surface area contributed by atoms with Crippen molar-refractivity contribution >= 4 is 21.2 Å². The van der Waals surface area contributed by atoms with Crippen molar-refractivity contribution in [3.8, 4) is 0 Å². The lowest BCUT2D eigenvalue weighted by Crippen LogP contribution is -2.26. The second-order valence-electron chi connectivity index (χ2n) is 5.74. The summed E-state index contributed by atoms with van der Waals surface area (Å²) in [6.45, 7) is 1.60. The number of hydrogen-bond donors (Lipinski definition) is 1. The van der Waals surface area contributed by atoms with Crippen molar-refractivity contribution in [2.24, 2.45) is 0 Å². The summed E-state index contributed by atoms with van der Waals surface area (Å²) in [6, 6.07) is 15.9. The zero-order valence-electron chi connectivity index (χ0n) is 12.9. The van der Waals surface area contributed by atoms with E-state index in [1.54, 1.807) is 12.1 Å². The van der Waals surface area contributed by atoms with Crippen LogP contribution in [0, 0.1) is 0 Å². The Morgan fingerprint density at radius 1 is 1.04 bits per heavy atom. The van der Waals surface area contributed by atoms with Crippen molar-refractivity contribution in [2.45, 2.75) is 23.1 Å². The van der Waals surface area contributed by atoms with Crippen LogP contribution in [0.25, 0.3) is 0 Å². The molecule has 0 saturated carbocycles. The van der Waals surface area contributed by atoms with Gasteiger partial charge >= 0.3 is 5.76 Å². The van der Waals surface area contributed by atoms with Gasteiger partial charge in [-0.25, -0.2) is 8.42 Å². The van der Waals surface area contributed by atoms with Crippen molar-refractivity contribution in [3.63, 3.8) is 0 Å². The molecular formula is C17H18F2N2O2S. The molecule has 128 valence electrons. The maximum atomic E-state index is 12.6. The molecule has 2 aromatic rings. The van der Waals surface area contributed by atoms with Gasteiger partial charge in [-0.3, -0.25) is 0 Å². The van der Waals surface area contributed by atoms with Gasteiger partial charge < -0.3 is 10.2 Å². The molecule has 2 aromatic carbocycles. The lowest BCUT2D eigenvalue weighted by Gasteiger charge is -2.20. The molecule has 0 bridgehead atoms. The van der Waals surface area contributed by atoms with E-state index in [1.165, 1.54) is 12.1 Å². The second kappa shape index (κ2) is 6.76. The highest BCUT2D eigenvalue weighted by Crippen LogP contribution is 2.25. The molecule has 4 nitrogen and oxygen atoms in total. The largest absolute Gasteiger partial charge is 0.380 e. The molecule has 0 aromatic heterocycles. The Hall–Kier alpha value is -2.15. The fourth-order valence-corrected chi connectivity index (χ4v) is 3.55. The van der Waals surface area contributed by atoms with Crippen LogP contribution in [0.15, 0.2) is 59.5 Å². The summed E-state index contributed by atoms with van der Waals surface area (Å²) < 4.78 is 48.0. The van der Waals surface area contributed by atoms with E-state index in [1.807, 2.05) is 30.3 Å². The molecule has 1 saturated heterocycles. The number of sulfone groups is 1. The number of alkyl halides is 2. The molecule has 0 spiro atoms. The minimum atomic E-state index is -4.53. The van der Waals surface area contributed by atoms with Gasteiger partial charge in [0, 0.05) is 30.5 Å². The molecule has 1 unspecified atom stereocenters. The van der Waals surface area contributed by atoms with E-state index < -0.39 is 15.6 Å². The standard InChI is InChI=1S/C17H18F2N2O2S/c18-17(19)24(22,23)16-8-6-15(7-9-16)21-11-10-14(12-21)20-13-4-2-1-3-5-13/h1-9,14,17,20H,10-12H2. The molecular weight excluding hydrogens is 334 g/mol. The summed E-state index contributed by atoms with van der Waals surface area (Å²) in [5, 5.41) is 3.45. The first kappa shape index (κ1) is 16.7. The zero-order valence-corrected chi connectivity index (χ0v) is 13.7. The van der Waals surface area contributed by atoms with Crippen molar-refractivity contribution in [2.75, 3.05) is 23.3 Å². The van der Waals surface area contributed by atoms with Crippen LogP contribution in [-0.2, 0) is 9.84 Å². The normalized spacial score (nSPS) is 18.1. The number of halogens is 2. The molecule has 24 heavy (non-hydrogen) atoms. The average molecular weight is 352 g/mol. The Kier molecular flexibility index (Phi) is 4.71. The third-order valence-electron chi connectivity index (χ3n) is 4.10. The number of hydrogen-bond acceptors (Lipinski definition) is 4. The third kappa shape index (κ3) is 3.51. The van der Waals surface area contributed by atoms with Gasteiger partial charge in [0.05, 0.1) is 4.90 Å². The van der Waals surface area contributed by atoms with Crippen LogP contribution < -0.4 is 10.2 Å². The highest BCUT2D eigenvalue weighted by molar-refractivity contribution is 7.91. The molecule has 0 amide bonds. The van der Waals surface area contributed by atoms with E-state index in [-0.39, 0.29) is 10.9 Å². The van der Waals surface area contributed by atoms with Crippen LogP contribution in [0.1, 0.15) is 6.42 Å². The number of nitrogens with one attached hydrogen (secondary N) is 1. The summed E-state index contributed by atoms with van der Waals surface area (Å²) in [4.78, 5) is 1.76. The summed E-state index contributed by atoms with van der Waals surface area (Å²) in [7, 11) is -4.53. The molecule has 0 radical (unpaired) electrons. The Morgan fingerprint density at radius 2 is 1.71 bits per heavy atom. The second-order valence-corrected chi connectivity index (χ2v) is 7.66. The first-order chi connectivity index (χ1) is 11.5. The molecule has 0 aliphatic carbocycles. The van der Waals surface area contributed by atoms with E-state index in [0.717, 1.165) is 30.9 Å². The Labute approximate surface area is 140 Å². The van der Waals surface area contributed by atoms with Gasteiger partial charge in [-0.2, -0.15) is 8.78 Å². The minimum Gasteiger partial charge on any atom is -0.380 e. The van der Waals surface area contributed by atoms with E-state index in [0.29, 0.717) is 0 Å². The smallest absolute Gasteiger partial charge is 0.341 e. The summed E-state index contributed by atoms with van der Waals surface area (Å²) in [6.07, 6.45) is 0.950. The predicted molar refractivity (Wildman–Crippen MR) is 90.3 cm³/mol. The topological polar surface area (TPSA) is 49.4 Å². The fourth-order valence-electron chi connectivity index (χ4n) is 2.83. The number of nitrogens with zero attached hydrogens (tertiary/aromatic N) is 1. The van der Waals surface area contributed by atoms with Gasteiger partial charge in [-0.1, -0.05) is 18.2 Å². The van der Waals surface area contributed by atoms with E-state index >= 15 is 0 Å².